The van der Waals surface area contributed by atoms with Crippen LogP contribution >= 0.6 is 0 Å². The van der Waals surface area contributed by atoms with Gasteiger partial charge in [-0.2, -0.15) is 0 Å². The Morgan fingerprint density at radius 1 is 1.55 bits per heavy atom. The second-order valence-electron chi connectivity index (χ2n) is 2.47. The van der Waals surface area contributed by atoms with Crippen LogP contribution in [0.1, 0.15) is 20.3 Å². The first-order valence-electron chi connectivity index (χ1n) is 3.74. The van der Waals surface area contributed by atoms with Gasteiger partial charge in [0.2, 0.25) is 0 Å². The molecule has 2 nitrogen and oxygen atoms in total. The third-order valence-electron chi connectivity index (χ3n) is 1.43. The van der Waals surface area contributed by atoms with Crippen molar-refractivity contribution in [2.45, 2.75) is 20.3 Å². The Morgan fingerprint density at radius 2 is 2.18 bits per heavy atom. The van der Waals surface area contributed by atoms with Crippen LogP contribution in [0.5, 0.6) is 0 Å². The number of carboxylic acid groups (broad SMARTS) is 1. The van der Waals surface area contributed by atoms with Gasteiger partial charge in [0.15, 0.2) is 0 Å². The van der Waals surface area contributed by atoms with Gasteiger partial charge in [-0.15, -0.1) is 0 Å². The summed E-state index contributed by atoms with van der Waals surface area (Å²) in [6.07, 6.45) is 7.49. The Labute approximate surface area is 67.2 Å². The van der Waals surface area contributed by atoms with Gasteiger partial charge in [-0.25, -0.2) is 4.79 Å². The third-order valence-corrected chi connectivity index (χ3v) is 1.43. The van der Waals surface area contributed by atoms with E-state index in [1.54, 1.807) is 6.08 Å². The van der Waals surface area contributed by atoms with E-state index in [0.29, 0.717) is 5.92 Å². The van der Waals surface area contributed by atoms with Crippen molar-refractivity contribution in [2.75, 3.05) is 0 Å². The molecule has 0 saturated carbocycles. The number of carbonyl (C=O) groups is 1. The van der Waals surface area contributed by atoms with Crippen LogP contribution < -0.4 is 0 Å². The summed E-state index contributed by atoms with van der Waals surface area (Å²) in [5.74, 6) is -0.382. The summed E-state index contributed by atoms with van der Waals surface area (Å²) in [7, 11) is 0. The number of hydrogen-bond acceptors (Lipinski definition) is 1. The quantitative estimate of drug-likeness (QED) is 0.498. The van der Waals surface area contributed by atoms with Gasteiger partial charge in [0.1, 0.15) is 0 Å². The Morgan fingerprint density at radius 3 is 2.64 bits per heavy atom. The molecule has 1 atom stereocenters. The molecule has 11 heavy (non-hydrogen) atoms. The molecule has 0 aromatic heterocycles. The first kappa shape index (κ1) is 9.95. The molecule has 0 aromatic carbocycles. The van der Waals surface area contributed by atoms with Gasteiger partial charge in [0.05, 0.1) is 0 Å². The molecular weight excluding hydrogens is 140 g/mol. The van der Waals surface area contributed by atoms with E-state index in [9.17, 15) is 4.79 Å². The van der Waals surface area contributed by atoms with Crippen LogP contribution in [0, 0.1) is 5.92 Å². The van der Waals surface area contributed by atoms with Gasteiger partial charge in [-0.05, 0) is 5.92 Å². The maximum atomic E-state index is 9.99. The molecule has 0 radical (unpaired) electrons. The molecular formula is C9H14O2. The lowest BCUT2D eigenvalue weighted by molar-refractivity contribution is -0.131. The molecule has 1 N–H and O–H groups in total. The number of hydrogen-bond donors (Lipinski definition) is 1. The molecule has 0 rings (SSSR count). The van der Waals surface area contributed by atoms with Crippen molar-refractivity contribution in [3.05, 3.63) is 24.3 Å². The molecule has 0 heterocycles. The first-order valence-corrected chi connectivity index (χ1v) is 3.74. The van der Waals surface area contributed by atoms with E-state index < -0.39 is 5.97 Å². The number of rotatable bonds is 4. The summed E-state index contributed by atoms with van der Waals surface area (Å²) in [5.41, 5.74) is 0. The molecule has 0 amide bonds. The highest BCUT2D eigenvalue weighted by atomic mass is 16.4. The zero-order valence-electron chi connectivity index (χ0n) is 6.95. The predicted octanol–water partition coefficient (Wildman–Crippen LogP) is 2.23. The van der Waals surface area contributed by atoms with E-state index in [1.165, 1.54) is 6.08 Å². The minimum Gasteiger partial charge on any atom is -0.478 e. The monoisotopic (exact) mass is 154 g/mol. The molecule has 0 unspecified atom stereocenters. The van der Waals surface area contributed by atoms with Gasteiger partial charge in [-0.3, -0.25) is 0 Å². The molecule has 2 heteroatoms. The fourth-order valence-corrected chi connectivity index (χ4v) is 0.528. The second kappa shape index (κ2) is 5.71. The summed E-state index contributed by atoms with van der Waals surface area (Å²) >= 11 is 0. The summed E-state index contributed by atoms with van der Waals surface area (Å²) in [6, 6.07) is 0. The Kier molecular flexibility index (Phi) is 5.17. The van der Waals surface area contributed by atoms with Crippen molar-refractivity contribution in [3.63, 3.8) is 0 Å². The van der Waals surface area contributed by atoms with Crippen LogP contribution in [-0.4, -0.2) is 11.1 Å². The molecule has 62 valence electrons. The van der Waals surface area contributed by atoms with Crippen molar-refractivity contribution in [1.29, 1.82) is 0 Å². The van der Waals surface area contributed by atoms with E-state index in [4.69, 9.17) is 5.11 Å². The Balaban J connectivity index is 3.67. The standard InChI is InChI=1S/C9H14O2/c1-3-8(2)6-4-5-7-9(10)11/h4-8H,3H2,1-2H3,(H,10,11)/b6-4+,7-5+/t8-/m0/s1. The molecule has 0 aliphatic heterocycles. The van der Waals surface area contributed by atoms with Crippen LogP contribution in [0.15, 0.2) is 24.3 Å². The highest BCUT2D eigenvalue weighted by Gasteiger charge is 1.88. The number of allylic oxidation sites excluding steroid dienone is 3. The smallest absolute Gasteiger partial charge is 0.328 e. The molecule has 0 fully saturated rings. The molecule has 0 spiro atoms. The van der Waals surface area contributed by atoms with Crippen LogP contribution in [-0.2, 0) is 4.79 Å². The minimum atomic E-state index is -0.904. The van der Waals surface area contributed by atoms with Crippen LogP contribution in [0.25, 0.3) is 0 Å². The van der Waals surface area contributed by atoms with Crippen molar-refractivity contribution < 1.29 is 9.90 Å². The molecule has 0 bridgehead atoms. The SMILES string of the molecule is CC[C@H](C)/C=C/C=C/C(=O)O. The van der Waals surface area contributed by atoms with Crippen LogP contribution in [0.4, 0.5) is 0 Å². The predicted molar refractivity (Wildman–Crippen MR) is 45.4 cm³/mol. The van der Waals surface area contributed by atoms with Crippen molar-refractivity contribution in [3.8, 4) is 0 Å². The maximum Gasteiger partial charge on any atom is 0.328 e. The van der Waals surface area contributed by atoms with Gasteiger partial charge < -0.3 is 5.11 Å². The normalized spacial score (nSPS) is 14.4. The molecule has 0 aromatic rings. The third kappa shape index (κ3) is 6.84. The highest BCUT2D eigenvalue weighted by molar-refractivity contribution is 5.80. The van der Waals surface area contributed by atoms with E-state index in [-0.39, 0.29) is 0 Å². The van der Waals surface area contributed by atoms with E-state index in [0.717, 1.165) is 12.5 Å². The van der Waals surface area contributed by atoms with E-state index >= 15 is 0 Å². The van der Waals surface area contributed by atoms with Crippen LogP contribution in [0.2, 0.25) is 0 Å². The number of aliphatic carboxylic acids is 1. The first-order chi connectivity index (χ1) is 5.16. The van der Waals surface area contributed by atoms with E-state index in [1.807, 2.05) is 6.08 Å². The lowest BCUT2D eigenvalue weighted by Crippen LogP contribution is -1.85. The van der Waals surface area contributed by atoms with Crippen molar-refractivity contribution in [1.82, 2.24) is 0 Å². The molecule has 0 aliphatic carbocycles. The summed E-state index contributed by atoms with van der Waals surface area (Å²) in [4.78, 5) is 9.99. The number of carboxylic acids is 1. The average molecular weight is 154 g/mol. The largest absolute Gasteiger partial charge is 0.478 e. The zero-order valence-corrected chi connectivity index (χ0v) is 6.95. The zero-order chi connectivity index (χ0) is 8.69. The minimum absolute atomic E-state index is 0.522. The fraction of sp³-hybridized carbons (Fsp3) is 0.444. The van der Waals surface area contributed by atoms with Gasteiger partial charge in [0.25, 0.3) is 0 Å². The average Bonchev–Trinajstić information content (AvgIpc) is 1.97. The van der Waals surface area contributed by atoms with E-state index in [2.05, 4.69) is 13.8 Å². The van der Waals surface area contributed by atoms with Gasteiger partial charge in [-0.1, -0.05) is 38.5 Å². The fourth-order valence-electron chi connectivity index (χ4n) is 0.528. The van der Waals surface area contributed by atoms with Gasteiger partial charge in [0, 0.05) is 6.08 Å². The van der Waals surface area contributed by atoms with Gasteiger partial charge >= 0.3 is 5.97 Å². The lowest BCUT2D eigenvalue weighted by atomic mass is 10.1. The summed E-state index contributed by atoms with van der Waals surface area (Å²) in [6.45, 7) is 4.18. The second-order valence-corrected chi connectivity index (χ2v) is 2.47. The Bertz CT molecular complexity index is 168. The highest BCUT2D eigenvalue weighted by Crippen LogP contribution is 2.01. The van der Waals surface area contributed by atoms with Crippen LogP contribution in [0.3, 0.4) is 0 Å². The summed E-state index contributed by atoms with van der Waals surface area (Å²) < 4.78 is 0. The Hall–Kier alpha value is -1.05. The van der Waals surface area contributed by atoms with Crippen molar-refractivity contribution in [2.24, 2.45) is 5.92 Å². The summed E-state index contributed by atoms with van der Waals surface area (Å²) in [5, 5.41) is 8.22. The maximum absolute atomic E-state index is 9.99. The topological polar surface area (TPSA) is 37.3 Å². The molecule has 0 aliphatic rings. The molecule has 0 saturated heterocycles. The van der Waals surface area contributed by atoms with Crippen molar-refractivity contribution >= 4 is 5.97 Å². The lowest BCUT2D eigenvalue weighted by Gasteiger charge is -1.96.